The van der Waals surface area contributed by atoms with E-state index in [4.69, 9.17) is 4.42 Å². The molecule has 0 saturated carbocycles. The number of ketones is 1. The molecule has 1 atom stereocenters. The molecule has 1 amide bonds. The first-order valence-corrected chi connectivity index (χ1v) is 8.61. The fourth-order valence-electron chi connectivity index (χ4n) is 3.17. The number of nitrogens with zero attached hydrogens (tertiary/aromatic N) is 2. The number of hydrogen-bond acceptors (Lipinski definition) is 5. The molecular formula is C20H22N2O4. The fraction of sp³-hybridized carbons (Fsp3) is 0.350. The molecule has 2 aromatic heterocycles. The molecule has 1 N–H and O–H groups in total. The second kappa shape index (κ2) is 7.15. The van der Waals surface area contributed by atoms with Crippen LogP contribution in [0.2, 0.25) is 0 Å². The van der Waals surface area contributed by atoms with Crippen molar-refractivity contribution in [1.82, 2.24) is 9.88 Å². The number of rotatable bonds is 6. The smallest absolute Gasteiger partial charge is 0.290 e. The zero-order chi connectivity index (χ0) is 18.8. The van der Waals surface area contributed by atoms with Gasteiger partial charge in [0.05, 0.1) is 5.57 Å². The highest BCUT2D eigenvalue weighted by Gasteiger charge is 2.44. The third kappa shape index (κ3) is 3.40. The zero-order valence-corrected chi connectivity index (χ0v) is 15.1. The van der Waals surface area contributed by atoms with Crippen LogP contribution in [-0.2, 0) is 16.1 Å². The van der Waals surface area contributed by atoms with Crippen LogP contribution in [-0.4, -0.2) is 26.7 Å². The molecule has 1 aliphatic heterocycles. The Balaban J connectivity index is 2.02. The van der Waals surface area contributed by atoms with E-state index in [-0.39, 0.29) is 30.2 Å². The SMILES string of the molecule is Cc1ccc(C2C(C(=O)CC(C)C)=C(O)C(=O)N2Cc2cccnc2)o1. The van der Waals surface area contributed by atoms with Crippen molar-refractivity contribution in [2.24, 2.45) is 5.92 Å². The lowest BCUT2D eigenvalue weighted by Gasteiger charge is -2.25. The molecule has 0 saturated heterocycles. The second-order valence-electron chi connectivity index (χ2n) is 6.93. The lowest BCUT2D eigenvalue weighted by Crippen LogP contribution is -2.30. The number of carbonyl (C=O) groups is 2. The van der Waals surface area contributed by atoms with Crippen molar-refractivity contribution in [2.45, 2.75) is 39.8 Å². The van der Waals surface area contributed by atoms with E-state index in [9.17, 15) is 14.7 Å². The van der Waals surface area contributed by atoms with Gasteiger partial charge >= 0.3 is 0 Å². The summed E-state index contributed by atoms with van der Waals surface area (Å²) >= 11 is 0. The van der Waals surface area contributed by atoms with Gasteiger partial charge in [-0.25, -0.2) is 0 Å². The van der Waals surface area contributed by atoms with Crippen LogP contribution in [0.1, 0.15) is 43.4 Å². The van der Waals surface area contributed by atoms with Crippen LogP contribution in [0.5, 0.6) is 0 Å². The monoisotopic (exact) mass is 354 g/mol. The van der Waals surface area contributed by atoms with Crippen molar-refractivity contribution >= 4 is 11.7 Å². The minimum Gasteiger partial charge on any atom is -0.503 e. The summed E-state index contributed by atoms with van der Waals surface area (Å²) < 4.78 is 5.71. The molecule has 26 heavy (non-hydrogen) atoms. The van der Waals surface area contributed by atoms with Gasteiger partial charge in [-0.15, -0.1) is 0 Å². The summed E-state index contributed by atoms with van der Waals surface area (Å²) in [7, 11) is 0. The number of pyridine rings is 1. The summed E-state index contributed by atoms with van der Waals surface area (Å²) in [6, 6.07) is 6.41. The molecule has 6 heteroatoms. The van der Waals surface area contributed by atoms with Gasteiger partial charge in [-0.3, -0.25) is 14.6 Å². The van der Waals surface area contributed by atoms with Crippen molar-refractivity contribution in [1.29, 1.82) is 0 Å². The fourth-order valence-corrected chi connectivity index (χ4v) is 3.17. The van der Waals surface area contributed by atoms with Gasteiger partial charge in [0.2, 0.25) is 0 Å². The highest BCUT2D eigenvalue weighted by atomic mass is 16.3. The largest absolute Gasteiger partial charge is 0.503 e. The Labute approximate surface area is 152 Å². The minimum atomic E-state index is -0.734. The van der Waals surface area contributed by atoms with Crippen molar-refractivity contribution in [2.75, 3.05) is 0 Å². The molecule has 0 bridgehead atoms. The van der Waals surface area contributed by atoms with Crippen molar-refractivity contribution in [3.8, 4) is 0 Å². The maximum Gasteiger partial charge on any atom is 0.290 e. The van der Waals surface area contributed by atoms with Crippen LogP contribution < -0.4 is 0 Å². The average molecular weight is 354 g/mol. The highest BCUT2D eigenvalue weighted by molar-refractivity contribution is 6.08. The van der Waals surface area contributed by atoms with Crippen molar-refractivity contribution in [3.63, 3.8) is 0 Å². The predicted molar refractivity (Wildman–Crippen MR) is 95.1 cm³/mol. The number of Topliss-reactive ketones (excluding diaryl/α,β-unsaturated/α-hetero) is 1. The summed E-state index contributed by atoms with van der Waals surface area (Å²) in [5.41, 5.74) is 0.918. The van der Waals surface area contributed by atoms with Crippen LogP contribution in [0.4, 0.5) is 0 Å². The lowest BCUT2D eigenvalue weighted by atomic mass is 9.95. The molecule has 0 fully saturated rings. The number of furan rings is 1. The van der Waals surface area contributed by atoms with Gasteiger partial charge in [0.15, 0.2) is 11.5 Å². The Morgan fingerprint density at radius 2 is 2.12 bits per heavy atom. The third-order valence-electron chi connectivity index (χ3n) is 4.30. The topological polar surface area (TPSA) is 83.6 Å². The van der Waals surface area contributed by atoms with Gasteiger partial charge in [-0.2, -0.15) is 0 Å². The summed E-state index contributed by atoms with van der Waals surface area (Å²) in [5, 5.41) is 10.4. The molecule has 1 aliphatic rings. The molecule has 0 aromatic carbocycles. The maximum absolute atomic E-state index is 12.7. The Kier molecular flexibility index (Phi) is 4.93. The van der Waals surface area contributed by atoms with E-state index in [2.05, 4.69) is 4.98 Å². The number of aryl methyl sites for hydroxylation is 1. The van der Waals surface area contributed by atoms with Crippen LogP contribution in [0.25, 0.3) is 0 Å². The normalized spacial score (nSPS) is 17.5. The first kappa shape index (κ1) is 17.9. The standard InChI is InChI=1S/C20H22N2O4/c1-12(2)9-15(23)17-18(16-7-6-13(3)26-16)22(20(25)19(17)24)11-14-5-4-8-21-10-14/h4-8,10,12,18,24H,9,11H2,1-3H3. The van der Waals surface area contributed by atoms with Gasteiger partial charge in [0, 0.05) is 25.4 Å². The quantitative estimate of drug-likeness (QED) is 0.858. The summed E-state index contributed by atoms with van der Waals surface area (Å²) in [5.74, 6) is -0.0341. The number of carbonyl (C=O) groups excluding carboxylic acids is 2. The first-order valence-electron chi connectivity index (χ1n) is 8.61. The molecule has 3 rings (SSSR count). The van der Waals surface area contributed by atoms with Crippen LogP contribution >= 0.6 is 0 Å². The van der Waals surface area contributed by atoms with Gasteiger partial charge in [0.1, 0.15) is 17.6 Å². The van der Waals surface area contributed by atoms with Crippen LogP contribution in [0.3, 0.4) is 0 Å². The number of amides is 1. The molecule has 6 nitrogen and oxygen atoms in total. The summed E-state index contributed by atoms with van der Waals surface area (Å²) in [6.45, 7) is 5.86. The number of aliphatic hydroxyl groups excluding tert-OH is 1. The van der Waals surface area contributed by atoms with E-state index in [0.717, 1.165) is 5.56 Å². The van der Waals surface area contributed by atoms with Gasteiger partial charge in [0.25, 0.3) is 5.91 Å². The van der Waals surface area contributed by atoms with E-state index in [1.165, 1.54) is 4.90 Å². The molecule has 2 aromatic rings. The maximum atomic E-state index is 12.7. The number of aliphatic hydroxyl groups is 1. The molecule has 0 spiro atoms. The molecule has 136 valence electrons. The number of aromatic nitrogens is 1. The molecule has 1 unspecified atom stereocenters. The Hall–Kier alpha value is -2.89. The Morgan fingerprint density at radius 1 is 1.35 bits per heavy atom. The third-order valence-corrected chi connectivity index (χ3v) is 4.30. The van der Waals surface area contributed by atoms with E-state index >= 15 is 0 Å². The Bertz CT molecular complexity index is 852. The van der Waals surface area contributed by atoms with E-state index < -0.39 is 17.7 Å². The number of hydrogen-bond donors (Lipinski definition) is 1. The summed E-state index contributed by atoms with van der Waals surface area (Å²) in [6.07, 6.45) is 3.56. The first-order chi connectivity index (χ1) is 12.4. The molecule has 0 aliphatic carbocycles. The zero-order valence-electron chi connectivity index (χ0n) is 15.1. The average Bonchev–Trinajstić information content (AvgIpc) is 3.12. The lowest BCUT2D eigenvalue weighted by molar-refractivity contribution is -0.130. The van der Waals surface area contributed by atoms with E-state index in [0.29, 0.717) is 11.5 Å². The second-order valence-corrected chi connectivity index (χ2v) is 6.93. The van der Waals surface area contributed by atoms with Crippen LogP contribution in [0, 0.1) is 12.8 Å². The van der Waals surface area contributed by atoms with Crippen molar-refractivity contribution in [3.05, 3.63) is 65.1 Å². The molecular weight excluding hydrogens is 332 g/mol. The predicted octanol–water partition coefficient (Wildman–Crippen LogP) is 3.49. The highest BCUT2D eigenvalue weighted by Crippen LogP contribution is 2.40. The van der Waals surface area contributed by atoms with E-state index in [1.54, 1.807) is 37.5 Å². The van der Waals surface area contributed by atoms with Gasteiger partial charge < -0.3 is 14.4 Å². The van der Waals surface area contributed by atoms with Crippen molar-refractivity contribution < 1.29 is 19.1 Å². The van der Waals surface area contributed by atoms with Gasteiger partial charge in [-0.05, 0) is 36.6 Å². The van der Waals surface area contributed by atoms with Gasteiger partial charge in [-0.1, -0.05) is 19.9 Å². The summed E-state index contributed by atoms with van der Waals surface area (Å²) in [4.78, 5) is 31.0. The van der Waals surface area contributed by atoms with Crippen LogP contribution in [0.15, 0.2) is 52.4 Å². The van der Waals surface area contributed by atoms with E-state index in [1.807, 2.05) is 19.9 Å². The minimum absolute atomic E-state index is 0.113. The molecule has 0 radical (unpaired) electrons. The molecule has 3 heterocycles. The Morgan fingerprint density at radius 3 is 2.69 bits per heavy atom.